The second-order valence-corrected chi connectivity index (χ2v) is 9.36. The van der Waals surface area contributed by atoms with Gasteiger partial charge in [0.1, 0.15) is 0 Å². The molecule has 0 spiro atoms. The molecule has 0 heterocycles. The molecule has 0 unspecified atom stereocenters. The molecule has 4 nitrogen and oxygen atoms in total. The molecule has 0 saturated carbocycles. The Bertz CT molecular complexity index is 393. The van der Waals surface area contributed by atoms with E-state index in [0.29, 0.717) is 12.8 Å². The van der Waals surface area contributed by atoms with Gasteiger partial charge in [-0.1, -0.05) is 142 Å². The summed E-state index contributed by atoms with van der Waals surface area (Å²) in [6.45, 7) is 4.47. The van der Waals surface area contributed by atoms with Crippen LogP contribution in [0.15, 0.2) is 0 Å². The van der Waals surface area contributed by atoms with Gasteiger partial charge in [-0.3, -0.25) is 9.59 Å². The van der Waals surface area contributed by atoms with Crippen molar-refractivity contribution in [2.24, 2.45) is 0 Å². The average Bonchev–Trinajstić information content (AvgIpc) is 2.76. The Morgan fingerprint density at radius 1 is 0.382 bits per heavy atom. The molecule has 0 rings (SSSR count). The van der Waals surface area contributed by atoms with Gasteiger partial charge >= 0.3 is 11.9 Å². The third kappa shape index (κ3) is 45.9. The van der Waals surface area contributed by atoms with Crippen LogP contribution >= 0.6 is 0 Å². The van der Waals surface area contributed by atoms with Crippen molar-refractivity contribution in [2.75, 3.05) is 0 Å². The molecule has 0 aliphatic carbocycles. The summed E-state index contributed by atoms with van der Waals surface area (Å²) in [6, 6.07) is 0. The fourth-order valence-electron chi connectivity index (χ4n) is 3.88. The van der Waals surface area contributed by atoms with Crippen molar-refractivity contribution in [3.8, 4) is 0 Å². The van der Waals surface area contributed by atoms with Crippen LogP contribution in [0.2, 0.25) is 0 Å². The molecule has 2 N–H and O–H groups in total. The summed E-state index contributed by atoms with van der Waals surface area (Å²) in [5.74, 6) is -1.32. The molecule has 214 valence electrons. The third-order valence-corrected chi connectivity index (χ3v) is 5.99. The summed E-state index contributed by atoms with van der Waals surface area (Å²) in [5, 5.41) is 16.9. The fourth-order valence-corrected chi connectivity index (χ4v) is 3.88. The first-order valence-electron chi connectivity index (χ1n) is 14.0. The van der Waals surface area contributed by atoms with Crippen molar-refractivity contribution in [1.29, 1.82) is 0 Å². The maximum atomic E-state index is 10.3. The third-order valence-electron chi connectivity index (χ3n) is 5.99. The number of hydrogen-bond donors (Lipinski definition) is 2. The van der Waals surface area contributed by atoms with Crippen LogP contribution in [-0.2, 0) is 54.3 Å². The predicted octanol–water partition coefficient (Wildman–Crippen LogP) is 9.54. The van der Waals surface area contributed by atoms with E-state index in [1.165, 1.54) is 116 Å². The normalized spacial score (nSPS) is 9.94. The van der Waals surface area contributed by atoms with Crippen molar-refractivity contribution in [2.45, 2.75) is 168 Å². The van der Waals surface area contributed by atoms with E-state index in [0.717, 1.165) is 25.7 Å². The minimum Gasteiger partial charge on any atom is -0.481 e. The largest absolute Gasteiger partial charge is 0.481 e. The zero-order chi connectivity index (χ0) is 24.1. The van der Waals surface area contributed by atoms with Crippen LogP contribution in [0.1, 0.15) is 168 Å². The number of rotatable bonds is 24. The van der Waals surface area contributed by atoms with Gasteiger partial charge in [0.2, 0.25) is 0 Å². The van der Waals surface area contributed by atoms with Crippen LogP contribution in [-0.4, -0.2) is 22.2 Å². The topological polar surface area (TPSA) is 74.6 Å². The van der Waals surface area contributed by atoms with E-state index in [9.17, 15) is 9.59 Å². The van der Waals surface area contributed by atoms with Crippen molar-refractivity contribution in [3.05, 3.63) is 0 Å². The zero-order valence-electron chi connectivity index (χ0n) is 22.3. The van der Waals surface area contributed by atoms with Crippen molar-refractivity contribution in [3.63, 3.8) is 0 Å². The summed E-state index contributed by atoms with van der Waals surface area (Å²) in [4.78, 5) is 20.5. The summed E-state index contributed by atoms with van der Waals surface area (Å²) in [7, 11) is 0. The average molecular weight is 672 g/mol. The Hall–Kier alpha value is 0.421. The summed E-state index contributed by atoms with van der Waals surface area (Å²) in [6.07, 6.45) is 28.8. The maximum absolute atomic E-state index is 10.3. The number of aliphatic carboxylic acids is 2. The second kappa shape index (κ2) is 38.0. The van der Waals surface area contributed by atoms with Gasteiger partial charge in [-0.2, -0.15) is 0 Å². The van der Waals surface area contributed by atoms with Gasteiger partial charge in [-0.15, -0.1) is 0 Å². The number of carboxylic acid groups (broad SMARTS) is 2. The standard InChI is InChI=1S/C18H36O2.C10H20O2.2Ag/c1-2-3-4-5-6-7-8-9-10-11-12-13-14-15-16-17-18(19)20;1-2-3-4-5-6-7-8-9-10(11)12;;/h2-17H2,1H3,(H,19,20);2-9H2,1H3,(H,11,12);;. The molecule has 0 amide bonds. The molecule has 2 radical (unpaired) electrons. The minimum absolute atomic E-state index is 0. The van der Waals surface area contributed by atoms with Crippen molar-refractivity contribution < 1.29 is 64.6 Å². The Morgan fingerprint density at radius 3 is 0.735 bits per heavy atom. The predicted molar refractivity (Wildman–Crippen MR) is 137 cm³/mol. The summed E-state index contributed by atoms with van der Waals surface area (Å²) < 4.78 is 0. The quantitative estimate of drug-likeness (QED) is 0.0792. The second-order valence-electron chi connectivity index (χ2n) is 9.36. The van der Waals surface area contributed by atoms with Crippen LogP contribution < -0.4 is 0 Å². The van der Waals surface area contributed by atoms with Gasteiger partial charge in [0.05, 0.1) is 0 Å². The molecule has 34 heavy (non-hydrogen) atoms. The van der Waals surface area contributed by atoms with Gasteiger partial charge < -0.3 is 10.2 Å². The molecule has 0 aromatic heterocycles. The molecule has 0 atom stereocenters. The van der Waals surface area contributed by atoms with Crippen molar-refractivity contribution in [1.82, 2.24) is 0 Å². The smallest absolute Gasteiger partial charge is 0.303 e. The van der Waals surface area contributed by atoms with Crippen LogP contribution in [0.3, 0.4) is 0 Å². The molecule has 0 aromatic carbocycles. The van der Waals surface area contributed by atoms with Gasteiger partial charge in [0.25, 0.3) is 0 Å². The van der Waals surface area contributed by atoms with E-state index in [-0.39, 0.29) is 44.8 Å². The van der Waals surface area contributed by atoms with Crippen LogP contribution in [0.4, 0.5) is 0 Å². The first kappa shape index (κ1) is 41.5. The number of carbonyl (C=O) groups is 2. The van der Waals surface area contributed by atoms with Gasteiger partial charge in [-0.25, -0.2) is 0 Å². The van der Waals surface area contributed by atoms with E-state index in [2.05, 4.69) is 13.8 Å². The van der Waals surface area contributed by atoms with E-state index in [1.807, 2.05) is 0 Å². The Balaban J connectivity index is -0.000000279. The number of carboxylic acids is 2. The van der Waals surface area contributed by atoms with E-state index in [4.69, 9.17) is 10.2 Å². The Kier molecular flexibility index (Phi) is 46.4. The van der Waals surface area contributed by atoms with E-state index in [1.54, 1.807) is 0 Å². The SMILES string of the molecule is CCCCCCCCCC(=O)O.CCCCCCCCCCCCCCCCCC(=O)O.[Ag].[Ag]. The van der Waals surface area contributed by atoms with Gasteiger partial charge in [-0.05, 0) is 12.8 Å². The zero-order valence-corrected chi connectivity index (χ0v) is 25.2. The molecule has 6 heteroatoms. The van der Waals surface area contributed by atoms with Gasteiger partial charge in [0, 0.05) is 57.6 Å². The molecule has 0 fully saturated rings. The number of hydrogen-bond acceptors (Lipinski definition) is 2. The fraction of sp³-hybridized carbons (Fsp3) is 0.929. The minimum atomic E-state index is -0.663. The Morgan fingerprint density at radius 2 is 0.559 bits per heavy atom. The number of unbranched alkanes of at least 4 members (excludes halogenated alkanes) is 20. The van der Waals surface area contributed by atoms with E-state index < -0.39 is 11.9 Å². The van der Waals surface area contributed by atoms with Crippen LogP contribution in [0.25, 0.3) is 0 Å². The summed E-state index contributed by atoms with van der Waals surface area (Å²) in [5.41, 5.74) is 0. The molecular formula is C28H56Ag2O4. The summed E-state index contributed by atoms with van der Waals surface area (Å²) >= 11 is 0. The molecular weight excluding hydrogens is 616 g/mol. The van der Waals surface area contributed by atoms with Crippen molar-refractivity contribution >= 4 is 11.9 Å². The monoisotopic (exact) mass is 670 g/mol. The first-order valence-corrected chi connectivity index (χ1v) is 14.0. The molecule has 0 bridgehead atoms. The molecule has 0 saturated heterocycles. The van der Waals surface area contributed by atoms with Gasteiger partial charge in [0.15, 0.2) is 0 Å². The first-order chi connectivity index (χ1) is 15.5. The molecule has 0 aliphatic rings. The van der Waals surface area contributed by atoms with E-state index >= 15 is 0 Å². The maximum Gasteiger partial charge on any atom is 0.303 e. The molecule has 0 aromatic rings. The van der Waals surface area contributed by atoms with Crippen LogP contribution in [0, 0.1) is 0 Å². The van der Waals surface area contributed by atoms with Crippen LogP contribution in [0.5, 0.6) is 0 Å². The Labute approximate surface area is 243 Å². The molecule has 0 aliphatic heterocycles.